The molecule has 4 aromatic rings. The minimum Gasteiger partial charge on any atom is -0.486 e. The molecule has 1 aliphatic heterocycles. The molecular weight excluding hydrogens is 428 g/mol. The van der Waals surface area contributed by atoms with Gasteiger partial charge in [-0.15, -0.1) is 0 Å². The first-order valence-electron chi connectivity index (χ1n) is 11.9. The van der Waals surface area contributed by atoms with E-state index in [9.17, 15) is 4.79 Å². The zero-order valence-electron chi connectivity index (χ0n) is 19.2. The normalized spacial score (nSPS) is 15.3. The molecular formula is C27H30N4O3. The van der Waals surface area contributed by atoms with Crippen LogP contribution in [-0.2, 0) is 17.9 Å². The highest BCUT2D eigenvalue weighted by Gasteiger charge is 2.25. The number of hydrogen-bond acceptors (Lipinski definition) is 5. The quantitative estimate of drug-likeness (QED) is 0.398. The van der Waals surface area contributed by atoms with Gasteiger partial charge in [0.25, 0.3) is 0 Å². The minimum absolute atomic E-state index is 0.0414. The van der Waals surface area contributed by atoms with Crippen LogP contribution < -0.4 is 10.1 Å². The molecule has 0 saturated carbocycles. The third-order valence-corrected chi connectivity index (χ3v) is 6.34. The minimum atomic E-state index is -0.0577. The van der Waals surface area contributed by atoms with Gasteiger partial charge in [0.2, 0.25) is 5.91 Å². The second-order valence-corrected chi connectivity index (χ2v) is 8.64. The van der Waals surface area contributed by atoms with Crippen LogP contribution >= 0.6 is 0 Å². The van der Waals surface area contributed by atoms with Crippen LogP contribution in [0, 0.1) is 0 Å². The Kier molecular flexibility index (Phi) is 6.91. The van der Waals surface area contributed by atoms with Gasteiger partial charge in [-0.3, -0.25) is 9.69 Å². The zero-order valence-corrected chi connectivity index (χ0v) is 19.2. The number of hydrogen-bond donors (Lipinski definition) is 1. The summed E-state index contributed by atoms with van der Waals surface area (Å²) in [6.45, 7) is 3.02. The lowest BCUT2D eigenvalue weighted by Gasteiger charge is -2.33. The highest BCUT2D eigenvalue weighted by molar-refractivity contribution is 5.81. The monoisotopic (exact) mass is 458 g/mol. The number of nitrogens with one attached hydrogen (secondary N) is 1. The van der Waals surface area contributed by atoms with Crippen LogP contribution in [0.3, 0.4) is 0 Å². The molecule has 1 unspecified atom stereocenters. The molecule has 7 nitrogen and oxygen atoms in total. The topological polar surface area (TPSA) is 72.5 Å². The van der Waals surface area contributed by atoms with Crippen molar-refractivity contribution in [3.05, 3.63) is 84.6 Å². The van der Waals surface area contributed by atoms with E-state index >= 15 is 0 Å². The number of furan rings is 1. The van der Waals surface area contributed by atoms with Crippen LogP contribution in [0.4, 0.5) is 0 Å². The molecule has 3 heterocycles. The first-order chi connectivity index (χ1) is 16.8. The summed E-state index contributed by atoms with van der Waals surface area (Å²) in [6.07, 6.45) is 5.31. The fourth-order valence-corrected chi connectivity index (χ4v) is 4.61. The molecule has 0 spiro atoms. The summed E-state index contributed by atoms with van der Waals surface area (Å²) in [5, 5.41) is 3.14. The Morgan fingerprint density at radius 3 is 2.59 bits per heavy atom. The summed E-state index contributed by atoms with van der Waals surface area (Å²) < 4.78 is 13.6. The van der Waals surface area contributed by atoms with Crippen LogP contribution in [0.1, 0.15) is 36.9 Å². The van der Waals surface area contributed by atoms with E-state index in [0.29, 0.717) is 6.54 Å². The van der Waals surface area contributed by atoms with Crippen molar-refractivity contribution in [1.82, 2.24) is 19.8 Å². The van der Waals surface area contributed by atoms with Gasteiger partial charge in [0.1, 0.15) is 30.5 Å². The molecule has 1 saturated heterocycles. The summed E-state index contributed by atoms with van der Waals surface area (Å²) in [5.41, 5.74) is 1.77. The summed E-state index contributed by atoms with van der Waals surface area (Å²) in [6, 6.07) is 21.4. The van der Waals surface area contributed by atoms with E-state index < -0.39 is 0 Å². The number of amides is 1. The molecule has 2 aromatic carbocycles. The fraction of sp³-hybridized carbons (Fsp3) is 0.333. The second-order valence-electron chi connectivity index (χ2n) is 8.64. The molecule has 1 N–H and O–H groups in total. The van der Waals surface area contributed by atoms with E-state index in [1.54, 1.807) is 6.26 Å². The second kappa shape index (κ2) is 10.6. The molecule has 2 aromatic heterocycles. The summed E-state index contributed by atoms with van der Waals surface area (Å²) in [5.74, 6) is 2.33. The van der Waals surface area contributed by atoms with Crippen LogP contribution in [0.2, 0.25) is 0 Å². The van der Waals surface area contributed by atoms with E-state index in [4.69, 9.17) is 14.1 Å². The highest BCUT2D eigenvalue weighted by atomic mass is 16.5. The fourth-order valence-electron chi connectivity index (χ4n) is 4.61. The van der Waals surface area contributed by atoms with Gasteiger partial charge in [0, 0.05) is 6.54 Å². The molecule has 1 atom stereocenters. The number of para-hydroxylation sites is 3. The lowest BCUT2D eigenvalue weighted by Crippen LogP contribution is -2.41. The highest BCUT2D eigenvalue weighted by Crippen LogP contribution is 2.25. The number of fused-ring (bicyclic) bond motifs is 1. The van der Waals surface area contributed by atoms with Crippen LogP contribution in [0.15, 0.2) is 77.4 Å². The van der Waals surface area contributed by atoms with Gasteiger partial charge in [-0.2, -0.15) is 0 Å². The predicted octanol–water partition coefficient (Wildman–Crippen LogP) is 4.55. The van der Waals surface area contributed by atoms with E-state index in [0.717, 1.165) is 41.5 Å². The van der Waals surface area contributed by atoms with Gasteiger partial charge in [-0.05, 0) is 62.3 Å². The third kappa shape index (κ3) is 5.15. The molecule has 1 fully saturated rings. The number of aromatic nitrogens is 2. The maximum atomic E-state index is 13.1. The van der Waals surface area contributed by atoms with Crippen LogP contribution in [0.25, 0.3) is 11.0 Å². The Bertz CT molecular complexity index is 1200. The van der Waals surface area contributed by atoms with Crippen molar-refractivity contribution in [2.45, 2.75) is 38.5 Å². The summed E-state index contributed by atoms with van der Waals surface area (Å²) >= 11 is 0. The van der Waals surface area contributed by atoms with Crippen LogP contribution in [0.5, 0.6) is 5.75 Å². The van der Waals surface area contributed by atoms with Crippen LogP contribution in [-0.4, -0.2) is 40.0 Å². The van der Waals surface area contributed by atoms with Crippen molar-refractivity contribution in [2.24, 2.45) is 0 Å². The lowest BCUT2D eigenvalue weighted by molar-refractivity contribution is -0.122. The standard InChI is InChI=1S/C27H30N4O3/c32-27(28-18-24(25-14-9-17-33-25)30-15-7-2-8-16-30)19-31-23-13-6-5-12-22(23)29-26(31)20-34-21-10-3-1-4-11-21/h1,3-6,9-14,17,24H,2,7-8,15-16,18-20H2,(H,28,32). The molecule has 1 aliphatic rings. The number of carbonyl (C=O) groups excluding carboxylic acids is 1. The van der Waals surface area contributed by atoms with Crippen molar-refractivity contribution in [1.29, 1.82) is 0 Å². The molecule has 7 heteroatoms. The van der Waals surface area contributed by atoms with Crippen molar-refractivity contribution in [3.63, 3.8) is 0 Å². The first-order valence-corrected chi connectivity index (χ1v) is 11.9. The predicted molar refractivity (Wildman–Crippen MR) is 130 cm³/mol. The Hall–Kier alpha value is -3.58. The summed E-state index contributed by atoms with van der Waals surface area (Å²) in [4.78, 5) is 20.2. The average Bonchev–Trinajstić information content (AvgIpc) is 3.53. The van der Waals surface area contributed by atoms with E-state index in [2.05, 4.69) is 10.2 Å². The molecule has 0 radical (unpaired) electrons. The summed E-state index contributed by atoms with van der Waals surface area (Å²) in [7, 11) is 0. The van der Waals surface area contributed by atoms with Crippen molar-refractivity contribution < 1.29 is 13.9 Å². The Morgan fingerprint density at radius 2 is 1.79 bits per heavy atom. The largest absolute Gasteiger partial charge is 0.486 e. The van der Waals surface area contributed by atoms with Gasteiger partial charge in [-0.25, -0.2) is 4.98 Å². The molecule has 34 heavy (non-hydrogen) atoms. The van der Waals surface area contributed by atoms with Gasteiger partial charge in [0.05, 0.1) is 23.3 Å². The van der Waals surface area contributed by atoms with Gasteiger partial charge >= 0.3 is 0 Å². The number of likely N-dealkylation sites (tertiary alicyclic amines) is 1. The van der Waals surface area contributed by atoms with Crippen molar-refractivity contribution in [2.75, 3.05) is 19.6 Å². The first kappa shape index (κ1) is 22.2. The van der Waals surface area contributed by atoms with Gasteiger partial charge in [-0.1, -0.05) is 36.8 Å². The number of carbonyl (C=O) groups is 1. The van der Waals surface area contributed by atoms with Crippen molar-refractivity contribution in [3.8, 4) is 5.75 Å². The molecule has 176 valence electrons. The number of rotatable bonds is 9. The number of benzene rings is 2. The van der Waals surface area contributed by atoms with E-state index in [1.165, 1.54) is 19.3 Å². The smallest absolute Gasteiger partial charge is 0.240 e. The number of nitrogens with zero attached hydrogens (tertiary/aromatic N) is 3. The maximum absolute atomic E-state index is 13.1. The third-order valence-electron chi connectivity index (χ3n) is 6.34. The zero-order chi connectivity index (χ0) is 23.2. The molecule has 1 amide bonds. The van der Waals surface area contributed by atoms with Gasteiger partial charge in [0.15, 0.2) is 0 Å². The number of piperidine rings is 1. The average molecular weight is 459 g/mol. The SMILES string of the molecule is O=C(Cn1c(COc2ccccc2)nc2ccccc21)NCC(c1ccco1)N1CCCCC1. The van der Waals surface area contributed by atoms with E-state index in [-0.39, 0.29) is 25.1 Å². The molecule has 0 bridgehead atoms. The molecule has 0 aliphatic carbocycles. The lowest BCUT2D eigenvalue weighted by atomic mass is 10.1. The number of ether oxygens (including phenoxy) is 1. The maximum Gasteiger partial charge on any atom is 0.240 e. The Labute approximate surface area is 199 Å². The van der Waals surface area contributed by atoms with E-state index in [1.807, 2.05) is 71.3 Å². The number of imidazole rings is 1. The van der Waals surface area contributed by atoms with Crippen molar-refractivity contribution >= 4 is 16.9 Å². The Morgan fingerprint density at radius 1 is 1.00 bits per heavy atom. The Balaban J connectivity index is 1.29. The molecule has 5 rings (SSSR count). The van der Waals surface area contributed by atoms with Gasteiger partial charge < -0.3 is 19.0 Å².